The number of nitrogens with zero attached hydrogens (tertiary/aromatic N) is 2. The van der Waals surface area contributed by atoms with Crippen molar-refractivity contribution in [3.63, 3.8) is 0 Å². The molecule has 0 bridgehead atoms. The standard InChI is InChI=1S/C26H29N3O5S2/c1-17-10-13-23(35-17)36(32,33)29-15-4-3-9-22(29)25(30)27-20-11-12-21-24-18(20)7-5-8-19(24)26(31)28(21)14-6-16-34-2/h5,7-8,10-13,22H,3-4,6,9,14-16H2,1-2H3,(H,27,30). The number of aryl methyl sites for hydroxylation is 1. The minimum atomic E-state index is -3.77. The van der Waals surface area contributed by atoms with Crippen LogP contribution in [0.3, 0.4) is 0 Å². The van der Waals surface area contributed by atoms with E-state index in [2.05, 4.69) is 5.32 Å². The number of thiophene rings is 1. The van der Waals surface area contributed by atoms with Crippen molar-refractivity contribution in [3.8, 4) is 0 Å². The normalized spacial score (nSPS) is 18.2. The average molecular weight is 528 g/mol. The van der Waals surface area contributed by atoms with Crippen molar-refractivity contribution in [2.45, 2.75) is 42.9 Å². The van der Waals surface area contributed by atoms with Gasteiger partial charge in [0.25, 0.3) is 15.9 Å². The van der Waals surface area contributed by atoms with Gasteiger partial charge in [-0.05, 0) is 56.5 Å². The van der Waals surface area contributed by atoms with Crippen LogP contribution in [-0.4, -0.2) is 57.4 Å². The molecule has 2 aromatic carbocycles. The van der Waals surface area contributed by atoms with Gasteiger partial charge in [-0.2, -0.15) is 4.31 Å². The van der Waals surface area contributed by atoms with Crippen LogP contribution in [0.25, 0.3) is 10.8 Å². The van der Waals surface area contributed by atoms with Crippen molar-refractivity contribution in [2.75, 3.05) is 37.0 Å². The van der Waals surface area contributed by atoms with E-state index in [4.69, 9.17) is 4.74 Å². The molecule has 2 aliphatic heterocycles. The Morgan fingerprint density at radius 1 is 1.17 bits per heavy atom. The molecule has 2 amide bonds. The maximum absolute atomic E-state index is 13.5. The minimum Gasteiger partial charge on any atom is -0.385 e. The molecular formula is C26H29N3O5S2. The fourth-order valence-corrected chi connectivity index (χ4v) is 8.15. The number of hydrogen-bond acceptors (Lipinski definition) is 6. The van der Waals surface area contributed by atoms with Crippen LogP contribution < -0.4 is 10.2 Å². The molecule has 1 N–H and O–H groups in total. The highest BCUT2D eigenvalue weighted by Gasteiger charge is 2.39. The van der Waals surface area contributed by atoms with Gasteiger partial charge < -0.3 is 15.0 Å². The molecule has 0 saturated carbocycles. The molecule has 10 heteroatoms. The second-order valence-corrected chi connectivity index (χ2v) is 12.6. The Bertz CT molecular complexity index is 1430. The van der Waals surface area contributed by atoms with Gasteiger partial charge in [0.05, 0.1) is 5.69 Å². The lowest BCUT2D eigenvalue weighted by atomic mass is 10.0. The Morgan fingerprint density at radius 3 is 2.75 bits per heavy atom. The molecule has 3 aromatic rings. The van der Waals surface area contributed by atoms with Gasteiger partial charge in [0.2, 0.25) is 5.91 Å². The number of hydrogen-bond donors (Lipinski definition) is 1. The molecule has 1 fully saturated rings. The number of nitrogens with one attached hydrogen (secondary N) is 1. The lowest BCUT2D eigenvalue weighted by molar-refractivity contribution is -0.120. The van der Waals surface area contributed by atoms with Gasteiger partial charge in [-0.3, -0.25) is 9.59 Å². The molecule has 8 nitrogen and oxygen atoms in total. The summed E-state index contributed by atoms with van der Waals surface area (Å²) in [5.41, 5.74) is 1.99. The quantitative estimate of drug-likeness (QED) is 0.439. The summed E-state index contributed by atoms with van der Waals surface area (Å²) in [5, 5.41) is 4.56. The Morgan fingerprint density at radius 2 is 2.00 bits per heavy atom. The van der Waals surface area contributed by atoms with E-state index in [0.29, 0.717) is 43.8 Å². The smallest absolute Gasteiger partial charge is 0.258 e. The molecule has 190 valence electrons. The molecule has 0 spiro atoms. The number of methoxy groups -OCH3 is 1. The molecule has 1 saturated heterocycles. The van der Waals surface area contributed by atoms with Crippen molar-refractivity contribution < 1.29 is 22.7 Å². The number of sulfonamides is 1. The van der Waals surface area contributed by atoms with Crippen LogP contribution in [0.15, 0.2) is 46.7 Å². The monoisotopic (exact) mass is 527 g/mol. The fourth-order valence-electron chi connectivity index (χ4n) is 5.08. The number of ether oxygens (including phenoxy) is 1. The highest BCUT2D eigenvalue weighted by Crippen LogP contribution is 2.41. The Balaban J connectivity index is 1.44. The lowest BCUT2D eigenvalue weighted by Crippen LogP contribution is -2.49. The average Bonchev–Trinajstić information content (AvgIpc) is 3.44. The van der Waals surface area contributed by atoms with E-state index >= 15 is 0 Å². The number of carbonyl (C=O) groups is 2. The maximum atomic E-state index is 13.5. The zero-order valence-corrected chi connectivity index (χ0v) is 22.0. The van der Waals surface area contributed by atoms with E-state index in [1.54, 1.807) is 36.3 Å². The fraction of sp³-hybridized carbons (Fsp3) is 0.385. The van der Waals surface area contributed by atoms with E-state index in [0.717, 1.165) is 34.2 Å². The zero-order chi connectivity index (χ0) is 25.4. The van der Waals surface area contributed by atoms with Crippen molar-refractivity contribution in [3.05, 3.63) is 52.9 Å². The molecule has 5 rings (SSSR count). The Labute approximate surface area is 214 Å². The highest BCUT2D eigenvalue weighted by molar-refractivity contribution is 7.91. The van der Waals surface area contributed by atoms with Crippen LogP contribution in [0.2, 0.25) is 0 Å². The third-order valence-corrected chi connectivity index (χ3v) is 10.2. The van der Waals surface area contributed by atoms with Crippen LogP contribution in [-0.2, 0) is 19.6 Å². The third-order valence-electron chi connectivity index (χ3n) is 6.81. The molecule has 2 aliphatic rings. The van der Waals surface area contributed by atoms with Gasteiger partial charge >= 0.3 is 0 Å². The summed E-state index contributed by atoms with van der Waals surface area (Å²) >= 11 is 1.22. The first kappa shape index (κ1) is 24.9. The first-order chi connectivity index (χ1) is 17.3. The number of piperidine rings is 1. The summed E-state index contributed by atoms with van der Waals surface area (Å²) < 4.78 is 33.5. The van der Waals surface area contributed by atoms with Crippen molar-refractivity contribution in [1.29, 1.82) is 0 Å². The minimum absolute atomic E-state index is 0.0639. The Hall–Kier alpha value is -2.79. The number of rotatable bonds is 8. The predicted octanol–water partition coefficient (Wildman–Crippen LogP) is 4.39. The summed E-state index contributed by atoms with van der Waals surface area (Å²) in [6.45, 7) is 3.28. The lowest BCUT2D eigenvalue weighted by Gasteiger charge is -2.33. The number of benzene rings is 2. The van der Waals surface area contributed by atoms with Crippen LogP contribution >= 0.6 is 11.3 Å². The van der Waals surface area contributed by atoms with Crippen LogP contribution in [0, 0.1) is 6.92 Å². The molecule has 1 aromatic heterocycles. The summed E-state index contributed by atoms with van der Waals surface area (Å²) in [4.78, 5) is 29.2. The number of amides is 2. The number of carbonyl (C=O) groups excluding carboxylic acids is 2. The summed E-state index contributed by atoms with van der Waals surface area (Å²) in [6.07, 6.45) is 2.67. The third kappa shape index (κ3) is 4.32. The number of anilines is 2. The first-order valence-electron chi connectivity index (χ1n) is 12.1. The molecule has 3 heterocycles. The van der Waals surface area contributed by atoms with Crippen molar-refractivity contribution in [1.82, 2.24) is 4.31 Å². The molecule has 0 radical (unpaired) electrons. The predicted molar refractivity (Wildman–Crippen MR) is 141 cm³/mol. The summed E-state index contributed by atoms with van der Waals surface area (Å²) in [5.74, 6) is -0.417. The van der Waals surface area contributed by atoms with Crippen LogP contribution in [0.5, 0.6) is 0 Å². The van der Waals surface area contributed by atoms with Crippen molar-refractivity contribution >= 4 is 55.3 Å². The second-order valence-electron chi connectivity index (χ2n) is 9.15. The first-order valence-corrected chi connectivity index (χ1v) is 14.3. The zero-order valence-electron chi connectivity index (χ0n) is 20.3. The Kier molecular flexibility index (Phi) is 6.86. The van der Waals surface area contributed by atoms with Gasteiger partial charge in [0.15, 0.2) is 0 Å². The van der Waals surface area contributed by atoms with Gasteiger partial charge in [0, 0.05) is 53.7 Å². The summed E-state index contributed by atoms with van der Waals surface area (Å²) in [7, 11) is -2.13. The van der Waals surface area contributed by atoms with Crippen LogP contribution in [0.4, 0.5) is 11.4 Å². The molecule has 36 heavy (non-hydrogen) atoms. The second kappa shape index (κ2) is 9.93. The van der Waals surface area contributed by atoms with Gasteiger partial charge in [-0.1, -0.05) is 18.6 Å². The van der Waals surface area contributed by atoms with Gasteiger partial charge in [0.1, 0.15) is 10.3 Å². The van der Waals surface area contributed by atoms with Gasteiger partial charge in [-0.15, -0.1) is 11.3 Å². The van der Waals surface area contributed by atoms with E-state index in [9.17, 15) is 18.0 Å². The van der Waals surface area contributed by atoms with E-state index < -0.39 is 16.1 Å². The molecular weight excluding hydrogens is 498 g/mol. The van der Waals surface area contributed by atoms with Crippen LogP contribution in [0.1, 0.15) is 40.9 Å². The van der Waals surface area contributed by atoms with E-state index in [1.165, 1.54) is 15.6 Å². The molecule has 1 unspecified atom stereocenters. The van der Waals surface area contributed by atoms with Crippen molar-refractivity contribution in [2.24, 2.45) is 0 Å². The topological polar surface area (TPSA) is 96.0 Å². The summed E-state index contributed by atoms with van der Waals surface area (Å²) in [6, 6.07) is 11.7. The SMILES string of the molecule is COCCCN1C(=O)c2cccc3c(NC(=O)C4CCCCN4S(=O)(=O)c4ccc(C)s4)ccc1c23. The van der Waals surface area contributed by atoms with E-state index in [1.807, 2.05) is 25.1 Å². The molecule has 0 aliphatic carbocycles. The van der Waals surface area contributed by atoms with Gasteiger partial charge in [-0.25, -0.2) is 8.42 Å². The highest BCUT2D eigenvalue weighted by atomic mass is 32.2. The van der Waals surface area contributed by atoms with E-state index in [-0.39, 0.29) is 16.0 Å². The maximum Gasteiger partial charge on any atom is 0.258 e. The molecule has 1 atom stereocenters. The largest absolute Gasteiger partial charge is 0.385 e.